The summed E-state index contributed by atoms with van der Waals surface area (Å²) in [6.07, 6.45) is 2.91. The molecular formula is C12H18BrClN2O2S. The van der Waals surface area contributed by atoms with Crippen molar-refractivity contribution in [1.82, 2.24) is 4.72 Å². The topological polar surface area (TPSA) is 72.2 Å². The van der Waals surface area contributed by atoms with Gasteiger partial charge in [-0.1, -0.05) is 22.4 Å². The van der Waals surface area contributed by atoms with Gasteiger partial charge in [0.1, 0.15) is 0 Å². The molecule has 0 amide bonds. The van der Waals surface area contributed by atoms with Gasteiger partial charge in [0.15, 0.2) is 0 Å². The number of hydrogen-bond acceptors (Lipinski definition) is 3. The van der Waals surface area contributed by atoms with Gasteiger partial charge in [0.05, 0.1) is 4.90 Å². The summed E-state index contributed by atoms with van der Waals surface area (Å²) in [7, 11) is -3.43. The Morgan fingerprint density at radius 1 is 1.26 bits per heavy atom. The minimum absolute atomic E-state index is 0. The minimum Gasteiger partial charge on any atom is -0.330 e. The minimum atomic E-state index is -3.43. The lowest BCUT2D eigenvalue weighted by molar-refractivity contribution is 0.453. The van der Waals surface area contributed by atoms with Crippen molar-refractivity contribution in [2.45, 2.75) is 30.2 Å². The highest BCUT2D eigenvalue weighted by Crippen LogP contribution is 2.26. The molecule has 1 fully saturated rings. The highest BCUT2D eigenvalue weighted by Gasteiger charge is 2.30. The molecule has 1 aromatic carbocycles. The second kappa shape index (κ2) is 7.04. The molecule has 7 heteroatoms. The number of hydrogen-bond donors (Lipinski definition) is 2. The molecule has 0 bridgehead atoms. The molecule has 1 aliphatic carbocycles. The molecule has 0 heterocycles. The summed E-state index contributed by atoms with van der Waals surface area (Å²) < 4.78 is 28.0. The summed E-state index contributed by atoms with van der Waals surface area (Å²) >= 11 is 3.29. The van der Waals surface area contributed by atoms with Crippen molar-refractivity contribution < 1.29 is 8.42 Å². The average molecular weight is 370 g/mol. The van der Waals surface area contributed by atoms with E-state index in [0.29, 0.717) is 11.4 Å². The van der Waals surface area contributed by atoms with E-state index in [4.69, 9.17) is 5.73 Å². The maximum atomic E-state index is 12.2. The monoisotopic (exact) mass is 368 g/mol. The van der Waals surface area contributed by atoms with Crippen LogP contribution in [-0.2, 0) is 10.0 Å². The first kappa shape index (κ1) is 16.9. The molecule has 1 saturated carbocycles. The number of sulfonamides is 1. The number of halogens is 2. The predicted octanol–water partition coefficient (Wildman–Crippen LogP) is 2.28. The number of benzene rings is 1. The molecule has 0 spiro atoms. The van der Waals surface area contributed by atoms with Crippen LogP contribution in [0.25, 0.3) is 0 Å². The largest absolute Gasteiger partial charge is 0.330 e. The lowest BCUT2D eigenvalue weighted by Crippen LogP contribution is -2.39. The van der Waals surface area contributed by atoms with E-state index in [2.05, 4.69) is 20.7 Å². The second-order valence-corrected chi connectivity index (χ2v) is 7.24. The van der Waals surface area contributed by atoms with Crippen LogP contribution in [0.3, 0.4) is 0 Å². The van der Waals surface area contributed by atoms with Gasteiger partial charge in [0.25, 0.3) is 0 Å². The Labute approximate surface area is 128 Å². The quantitative estimate of drug-likeness (QED) is 0.855. The Hall–Kier alpha value is -0.140. The van der Waals surface area contributed by atoms with Crippen LogP contribution >= 0.6 is 28.3 Å². The third kappa shape index (κ3) is 4.16. The molecule has 0 aliphatic heterocycles. The first-order valence-corrected chi connectivity index (χ1v) is 8.28. The van der Waals surface area contributed by atoms with Gasteiger partial charge < -0.3 is 5.73 Å². The molecule has 4 nitrogen and oxygen atoms in total. The summed E-state index contributed by atoms with van der Waals surface area (Å²) in [5.41, 5.74) is 5.66. The summed E-state index contributed by atoms with van der Waals surface area (Å²) in [5, 5.41) is 0. The molecule has 19 heavy (non-hydrogen) atoms. The normalized spacial score (nSPS) is 23.1. The summed E-state index contributed by atoms with van der Waals surface area (Å²) in [4.78, 5) is 0.299. The number of nitrogens with two attached hydrogens (primary N) is 1. The maximum absolute atomic E-state index is 12.2. The Balaban J connectivity index is 0.00000180. The third-order valence-electron chi connectivity index (χ3n) is 3.39. The van der Waals surface area contributed by atoms with Crippen LogP contribution in [0.2, 0.25) is 0 Å². The van der Waals surface area contributed by atoms with E-state index >= 15 is 0 Å². The van der Waals surface area contributed by atoms with Crippen LogP contribution in [0.15, 0.2) is 33.6 Å². The van der Waals surface area contributed by atoms with Crippen LogP contribution in [0.4, 0.5) is 0 Å². The zero-order valence-electron chi connectivity index (χ0n) is 10.4. The fourth-order valence-electron chi connectivity index (χ4n) is 2.36. The highest BCUT2D eigenvalue weighted by molar-refractivity contribution is 9.10. The van der Waals surface area contributed by atoms with Crippen molar-refractivity contribution in [1.29, 1.82) is 0 Å². The van der Waals surface area contributed by atoms with Crippen molar-refractivity contribution in [3.63, 3.8) is 0 Å². The standard InChI is InChI=1S/C12H17BrN2O2S.ClH/c13-10-4-6-11(7-5-10)18(16,17)15-12-3-1-2-9(12)8-14;/h4-7,9,12,15H,1-3,8,14H2;1H. The van der Waals surface area contributed by atoms with Crippen molar-refractivity contribution in [3.05, 3.63) is 28.7 Å². The van der Waals surface area contributed by atoms with Gasteiger partial charge in [0.2, 0.25) is 10.0 Å². The van der Waals surface area contributed by atoms with Crippen molar-refractivity contribution >= 4 is 38.4 Å². The van der Waals surface area contributed by atoms with Crippen LogP contribution in [-0.4, -0.2) is 21.0 Å². The summed E-state index contributed by atoms with van der Waals surface area (Å²) in [5.74, 6) is 0.259. The maximum Gasteiger partial charge on any atom is 0.240 e. The van der Waals surface area contributed by atoms with Crippen LogP contribution in [0, 0.1) is 5.92 Å². The summed E-state index contributed by atoms with van der Waals surface area (Å²) in [6, 6.07) is 6.62. The molecule has 2 unspecified atom stereocenters. The average Bonchev–Trinajstić information content (AvgIpc) is 2.76. The third-order valence-corrected chi connectivity index (χ3v) is 5.43. The SMILES string of the molecule is Cl.NCC1CCCC1NS(=O)(=O)c1ccc(Br)cc1. The number of rotatable bonds is 4. The van der Waals surface area contributed by atoms with Crippen LogP contribution in [0.5, 0.6) is 0 Å². The van der Waals surface area contributed by atoms with Gasteiger partial charge in [-0.2, -0.15) is 0 Å². The van der Waals surface area contributed by atoms with Gasteiger partial charge in [0, 0.05) is 10.5 Å². The van der Waals surface area contributed by atoms with Gasteiger partial charge in [-0.25, -0.2) is 13.1 Å². The first-order chi connectivity index (χ1) is 8.53. The van der Waals surface area contributed by atoms with E-state index in [1.54, 1.807) is 24.3 Å². The van der Waals surface area contributed by atoms with Crippen LogP contribution in [0.1, 0.15) is 19.3 Å². The van der Waals surface area contributed by atoms with Gasteiger partial charge >= 0.3 is 0 Å². The molecular weight excluding hydrogens is 352 g/mol. The van der Waals surface area contributed by atoms with E-state index < -0.39 is 10.0 Å². The van der Waals surface area contributed by atoms with Crippen molar-refractivity contribution in [2.75, 3.05) is 6.54 Å². The predicted molar refractivity (Wildman–Crippen MR) is 81.9 cm³/mol. The van der Waals surface area contributed by atoms with Gasteiger partial charge in [-0.05, 0) is 49.6 Å². The lowest BCUT2D eigenvalue weighted by Gasteiger charge is -2.19. The van der Waals surface area contributed by atoms with Gasteiger partial charge in [-0.3, -0.25) is 0 Å². The Kier molecular flexibility index (Phi) is 6.26. The second-order valence-electron chi connectivity index (χ2n) is 4.61. The fourth-order valence-corrected chi connectivity index (χ4v) is 3.96. The zero-order valence-corrected chi connectivity index (χ0v) is 13.6. The molecule has 2 rings (SSSR count). The Morgan fingerprint density at radius 3 is 2.47 bits per heavy atom. The van der Waals surface area contributed by atoms with Gasteiger partial charge in [-0.15, -0.1) is 12.4 Å². The van der Waals surface area contributed by atoms with Crippen molar-refractivity contribution in [3.8, 4) is 0 Å². The smallest absolute Gasteiger partial charge is 0.240 e. The molecule has 108 valence electrons. The molecule has 0 saturated heterocycles. The van der Waals surface area contributed by atoms with Crippen LogP contribution < -0.4 is 10.5 Å². The van der Waals surface area contributed by atoms with E-state index in [0.717, 1.165) is 23.7 Å². The number of nitrogens with one attached hydrogen (secondary N) is 1. The zero-order chi connectivity index (χ0) is 13.2. The van der Waals surface area contributed by atoms with E-state index in [9.17, 15) is 8.42 Å². The summed E-state index contributed by atoms with van der Waals surface area (Å²) in [6.45, 7) is 0.535. The first-order valence-electron chi connectivity index (χ1n) is 6.01. The highest BCUT2D eigenvalue weighted by atomic mass is 79.9. The van der Waals surface area contributed by atoms with E-state index in [1.807, 2.05) is 0 Å². The van der Waals surface area contributed by atoms with Crippen molar-refractivity contribution in [2.24, 2.45) is 11.7 Å². The molecule has 2 atom stereocenters. The molecule has 1 aromatic rings. The molecule has 0 radical (unpaired) electrons. The molecule has 1 aliphatic rings. The molecule has 3 N–H and O–H groups in total. The Bertz CT molecular complexity index is 507. The van der Waals surface area contributed by atoms with E-state index in [1.165, 1.54) is 0 Å². The van der Waals surface area contributed by atoms with E-state index in [-0.39, 0.29) is 24.4 Å². The fraction of sp³-hybridized carbons (Fsp3) is 0.500. The lowest BCUT2D eigenvalue weighted by atomic mass is 10.1. The molecule has 0 aromatic heterocycles. The Morgan fingerprint density at radius 2 is 1.89 bits per heavy atom.